The average Bonchev–Trinajstić information content (AvgIpc) is 2.61. The number of unbranched alkanes of at least 4 members (excludes halogenated alkanes) is 16. The third-order valence-electron chi connectivity index (χ3n) is 5.55. The summed E-state index contributed by atoms with van der Waals surface area (Å²) in [5.41, 5.74) is 0. The van der Waals surface area contributed by atoms with Gasteiger partial charge in [-0.25, -0.2) is 0 Å². The van der Waals surface area contributed by atoms with Gasteiger partial charge in [0.15, 0.2) is 0 Å². The molecule has 0 saturated heterocycles. The van der Waals surface area contributed by atoms with Crippen LogP contribution in [0.5, 0.6) is 0 Å². The van der Waals surface area contributed by atoms with Crippen molar-refractivity contribution in [3.8, 4) is 0 Å². The summed E-state index contributed by atoms with van der Waals surface area (Å²) in [5.74, 6) is 0. The van der Waals surface area contributed by atoms with Crippen LogP contribution in [0.1, 0.15) is 129 Å². The lowest BCUT2D eigenvalue weighted by molar-refractivity contribution is -0.839. The van der Waals surface area contributed by atoms with E-state index in [1.807, 2.05) is 0 Å². The lowest BCUT2D eigenvalue weighted by Gasteiger charge is -2.24. The molecule has 0 unspecified atom stereocenters. The van der Waals surface area contributed by atoms with Gasteiger partial charge in [0.05, 0.1) is 26.8 Å². The quantitative estimate of drug-likeness (QED) is 0.149. The van der Waals surface area contributed by atoms with Gasteiger partial charge >= 0.3 is 0 Å². The predicted octanol–water partition coefficient (Wildman–Crippen LogP) is 8.64. The second-order valence-electron chi connectivity index (χ2n) is 8.98. The number of hydrogen-bond donors (Lipinski definition) is 0. The molecule has 0 atom stereocenters. The SMILES string of the molecule is CCCC=C[N+](C)(C)CCCCCCCCCCCCCCCCCC. The third kappa shape index (κ3) is 20.0. The molecule has 0 aliphatic heterocycles. The minimum atomic E-state index is 1.05. The standard InChI is InChI=1S/C25H52N/c1-5-7-9-10-11-12-13-14-15-16-17-18-19-20-21-23-25-26(3,4)24-22-8-6-2/h22,24H,5-21,23,25H2,1-4H3/q+1. The van der Waals surface area contributed by atoms with Gasteiger partial charge in [0.25, 0.3) is 0 Å². The van der Waals surface area contributed by atoms with Crippen LogP contribution >= 0.6 is 0 Å². The van der Waals surface area contributed by atoms with E-state index in [1.165, 1.54) is 122 Å². The van der Waals surface area contributed by atoms with Gasteiger partial charge in [0.2, 0.25) is 0 Å². The van der Waals surface area contributed by atoms with Crippen molar-refractivity contribution in [3.63, 3.8) is 0 Å². The second kappa shape index (κ2) is 19.5. The fraction of sp³-hybridized carbons (Fsp3) is 0.920. The third-order valence-corrected chi connectivity index (χ3v) is 5.55. The zero-order chi connectivity index (χ0) is 19.3. The fourth-order valence-corrected chi connectivity index (χ4v) is 3.67. The van der Waals surface area contributed by atoms with Crippen LogP contribution < -0.4 is 0 Å². The number of quaternary nitrogens is 1. The van der Waals surface area contributed by atoms with E-state index in [0.717, 1.165) is 4.48 Å². The van der Waals surface area contributed by atoms with Crippen molar-refractivity contribution in [2.75, 3.05) is 20.6 Å². The molecule has 0 aliphatic carbocycles. The highest BCUT2D eigenvalue weighted by Crippen LogP contribution is 2.14. The summed E-state index contributed by atoms with van der Waals surface area (Å²) >= 11 is 0. The van der Waals surface area contributed by atoms with Crippen LogP contribution in [0.4, 0.5) is 0 Å². The fourth-order valence-electron chi connectivity index (χ4n) is 3.67. The molecule has 0 aromatic carbocycles. The van der Waals surface area contributed by atoms with Crippen molar-refractivity contribution < 1.29 is 4.48 Å². The minimum absolute atomic E-state index is 1.05. The van der Waals surface area contributed by atoms with Gasteiger partial charge in [-0.2, -0.15) is 0 Å². The van der Waals surface area contributed by atoms with E-state index in [9.17, 15) is 0 Å². The zero-order valence-electron chi connectivity index (χ0n) is 19.0. The maximum atomic E-state index is 2.38. The molecular weight excluding hydrogens is 314 g/mol. The van der Waals surface area contributed by atoms with Crippen LogP contribution in [-0.2, 0) is 0 Å². The summed E-state index contributed by atoms with van der Waals surface area (Å²) in [6.07, 6.45) is 30.4. The molecule has 0 aliphatic rings. The minimum Gasteiger partial charge on any atom is -0.302 e. The normalized spacial score (nSPS) is 12.3. The first-order valence-electron chi connectivity index (χ1n) is 12.1. The highest BCUT2D eigenvalue weighted by Gasteiger charge is 2.09. The Balaban J connectivity index is 3.22. The number of allylic oxidation sites excluding steroid dienone is 1. The molecule has 156 valence electrons. The summed E-state index contributed by atoms with van der Waals surface area (Å²) in [4.78, 5) is 0. The van der Waals surface area contributed by atoms with E-state index in [0.29, 0.717) is 0 Å². The van der Waals surface area contributed by atoms with Crippen molar-refractivity contribution in [2.24, 2.45) is 0 Å². The molecule has 1 nitrogen and oxygen atoms in total. The molecule has 0 bridgehead atoms. The maximum Gasteiger partial charge on any atom is 0.0913 e. The number of nitrogens with zero attached hydrogens (tertiary/aromatic N) is 1. The van der Waals surface area contributed by atoms with E-state index in [-0.39, 0.29) is 0 Å². The summed E-state index contributed by atoms with van der Waals surface area (Å²) in [5, 5.41) is 0. The van der Waals surface area contributed by atoms with Crippen molar-refractivity contribution >= 4 is 0 Å². The molecule has 26 heavy (non-hydrogen) atoms. The summed E-state index contributed by atoms with van der Waals surface area (Å²) in [7, 11) is 4.66. The van der Waals surface area contributed by atoms with Crippen molar-refractivity contribution in [1.29, 1.82) is 0 Å². The summed E-state index contributed by atoms with van der Waals surface area (Å²) < 4.78 is 1.05. The summed E-state index contributed by atoms with van der Waals surface area (Å²) in [6, 6.07) is 0. The molecule has 0 aromatic heterocycles. The summed E-state index contributed by atoms with van der Waals surface area (Å²) in [6.45, 7) is 5.84. The van der Waals surface area contributed by atoms with Crippen molar-refractivity contribution in [1.82, 2.24) is 0 Å². The topological polar surface area (TPSA) is 0 Å². The second-order valence-corrected chi connectivity index (χ2v) is 8.98. The Labute approximate surface area is 167 Å². The Hall–Kier alpha value is -0.300. The largest absolute Gasteiger partial charge is 0.302 e. The Morgan fingerprint density at radius 1 is 0.500 bits per heavy atom. The molecule has 0 amide bonds. The van der Waals surface area contributed by atoms with Gasteiger partial charge in [0.1, 0.15) is 0 Å². The van der Waals surface area contributed by atoms with E-state index in [4.69, 9.17) is 0 Å². The van der Waals surface area contributed by atoms with Crippen LogP contribution in [0.15, 0.2) is 12.3 Å². The smallest absolute Gasteiger partial charge is 0.0913 e. The maximum absolute atomic E-state index is 2.38. The average molecular weight is 367 g/mol. The molecule has 0 aromatic rings. The molecule has 1 heteroatoms. The first-order valence-corrected chi connectivity index (χ1v) is 12.1. The van der Waals surface area contributed by atoms with Gasteiger partial charge < -0.3 is 4.48 Å². The van der Waals surface area contributed by atoms with Crippen LogP contribution in [0.2, 0.25) is 0 Å². The highest BCUT2D eigenvalue weighted by atomic mass is 15.3. The van der Waals surface area contributed by atoms with Crippen LogP contribution in [-0.4, -0.2) is 25.1 Å². The van der Waals surface area contributed by atoms with Crippen LogP contribution in [0.25, 0.3) is 0 Å². The lowest BCUT2D eigenvalue weighted by Crippen LogP contribution is -2.34. The Bertz CT molecular complexity index is 293. The highest BCUT2D eigenvalue weighted by molar-refractivity contribution is 4.72. The van der Waals surface area contributed by atoms with Crippen molar-refractivity contribution in [2.45, 2.75) is 129 Å². The van der Waals surface area contributed by atoms with E-state index >= 15 is 0 Å². The number of hydrogen-bond acceptors (Lipinski definition) is 0. The molecular formula is C25H52N+. The van der Waals surface area contributed by atoms with Gasteiger partial charge in [-0.15, -0.1) is 0 Å². The molecule has 0 heterocycles. The zero-order valence-corrected chi connectivity index (χ0v) is 19.0. The van der Waals surface area contributed by atoms with Crippen molar-refractivity contribution in [3.05, 3.63) is 12.3 Å². The molecule has 0 saturated carbocycles. The van der Waals surface area contributed by atoms with Gasteiger partial charge in [0, 0.05) is 0 Å². The van der Waals surface area contributed by atoms with Gasteiger partial charge in [-0.05, 0) is 25.3 Å². The Morgan fingerprint density at radius 3 is 1.27 bits per heavy atom. The van der Waals surface area contributed by atoms with Gasteiger partial charge in [-0.3, -0.25) is 0 Å². The van der Waals surface area contributed by atoms with E-state index in [2.05, 4.69) is 40.2 Å². The predicted molar refractivity (Wildman–Crippen MR) is 121 cm³/mol. The molecule has 0 fully saturated rings. The molecule has 0 radical (unpaired) electrons. The Morgan fingerprint density at radius 2 is 0.885 bits per heavy atom. The molecule has 0 rings (SSSR count). The van der Waals surface area contributed by atoms with E-state index < -0.39 is 0 Å². The lowest BCUT2D eigenvalue weighted by atomic mass is 10.0. The monoisotopic (exact) mass is 366 g/mol. The van der Waals surface area contributed by atoms with Crippen LogP contribution in [0.3, 0.4) is 0 Å². The molecule has 0 N–H and O–H groups in total. The Kier molecular flexibility index (Phi) is 19.2. The van der Waals surface area contributed by atoms with Crippen LogP contribution in [0, 0.1) is 0 Å². The molecule has 0 spiro atoms. The van der Waals surface area contributed by atoms with Gasteiger partial charge in [-0.1, -0.05) is 110 Å². The first-order chi connectivity index (χ1) is 12.6. The first kappa shape index (κ1) is 25.7. The van der Waals surface area contributed by atoms with E-state index in [1.54, 1.807) is 0 Å². The number of rotatable bonds is 20.